The molecule has 0 spiro atoms. The minimum atomic E-state index is 0. The normalized spacial score (nSPS) is 16.4. The summed E-state index contributed by atoms with van der Waals surface area (Å²) in [5.74, 6) is 1.75. The third-order valence-electron chi connectivity index (χ3n) is 3.14. The number of aliphatic imine (C=N–C) groups is 1. The van der Waals surface area contributed by atoms with Gasteiger partial charge in [-0.1, -0.05) is 12.8 Å². The van der Waals surface area contributed by atoms with Crippen molar-refractivity contribution >= 4 is 29.9 Å². The summed E-state index contributed by atoms with van der Waals surface area (Å²) in [6.45, 7) is 0.642. The molecule has 0 saturated heterocycles. The summed E-state index contributed by atoms with van der Waals surface area (Å²) in [5, 5.41) is 10.7. The molecule has 0 aliphatic heterocycles. The van der Waals surface area contributed by atoms with Crippen LogP contribution >= 0.6 is 24.0 Å². The number of nitrogens with zero attached hydrogens (tertiary/aromatic N) is 4. The largest absolute Gasteiger partial charge is 0.354 e. The predicted molar refractivity (Wildman–Crippen MR) is 82.0 cm³/mol. The Kier molecular flexibility index (Phi) is 6.37. The first-order valence-electron chi connectivity index (χ1n) is 6.09. The van der Waals surface area contributed by atoms with Crippen molar-refractivity contribution in [2.24, 2.45) is 12.0 Å². The molecule has 18 heavy (non-hydrogen) atoms. The lowest BCUT2D eigenvalue weighted by Crippen LogP contribution is -2.42. The lowest BCUT2D eigenvalue weighted by atomic mass is 10.2. The van der Waals surface area contributed by atoms with E-state index in [4.69, 9.17) is 0 Å². The Bertz CT molecular complexity index is 383. The number of rotatable bonds is 3. The topological polar surface area (TPSA) is 67.1 Å². The van der Waals surface area contributed by atoms with Gasteiger partial charge in [-0.2, -0.15) is 5.10 Å². The van der Waals surface area contributed by atoms with Crippen molar-refractivity contribution in [2.75, 3.05) is 7.05 Å². The van der Waals surface area contributed by atoms with E-state index in [1.165, 1.54) is 25.7 Å². The van der Waals surface area contributed by atoms with Crippen LogP contribution in [0.15, 0.2) is 11.3 Å². The predicted octanol–water partition coefficient (Wildman–Crippen LogP) is 1.04. The van der Waals surface area contributed by atoms with Gasteiger partial charge in [-0.25, -0.2) is 4.98 Å². The smallest absolute Gasteiger partial charge is 0.191 e. The molecule has 1 saturated carbocycles. The zero-order chi connectivity index (χ0) is 12.1. The number of halogens is 1. The molecule has 1 aromatic rings. The highest BCUT2D eigenvalue weighted by Gasteiger charge is 2.15. The molecule has 0 unspecified atom stereocenters. The van der Waals surface area contributed by atoms with Crippen molar-refractivity contribution in [3.63, 3.8) is 0 Å². The Labute approximate surface area is 125 Å². The zero-order valence-corrected chi connectivity index (χ0v) is 13.2. The van der Waals surface area contributed by atoms with Crippen molar-refractivity contribution in [1.82, 2.24) is 25.4 Å². The number of guanidine groups is 1. The van der Waals surface area contributed by atoms with E-state index in [0.29, 0.717) is 12.6 Å². The zero-order valence-electron chi connectivity index (χ0n) is 10.9. The van der Waals surface area contributed by atoms with E-state index in [1.807, 2.05) is 7.05 Å². The Balaban J connectivity index is 0.00000162. The van der Waals surface area contributed by atoms with Gasteiger partial charge in [-0.15, -0.1) is 24.0 Å². The second-order valence-electron chi connectivity index (χ2n) is 4.35. The van der Waals surface area contributed by atoms with Crippen molar-refractivity contribution in [3.8, 4) is 0 Å². The maximum absolute atomic E-state index is 4.22. The molecule has 0 amide bonds. The maximum atomic E-state index is 4.22. The summed E-state index contributed by atoms with van der Waals surface area (Å²) < 4.78 is 1.76. The van der Waals surface area contributed by atoms with Crippen LogP contribution in [0.1, 0.15) is 31.5 Å². The number of hydrogen-bond acceptors (Lipinski definition) is 3. The van der Waals surface area contributed by atoms with Gasteiger partial charge in [0.05, 0.1) is 6.54 Å². The number of hydrogen-bond donors (Lipinski definition) is 2. The summed E-state index contributed by atoms with van der Waals surface area (Å²) in [6.07, 6.45) is 6.68. The summed E-state index contributed by atoms with van der Waals surface area (Å²) in [7, 11) is 3.68. The first-order valence-corrected chi connectivity index (χ1v) is 6.09. The van der Waals surface area contributed by atoms with E-state index >= 15 is 0 Å². The van der Waals surface area contributed by atoms with Crippen LogP contribution in [-0.4, -0.2) is 33.8 Å². The maximum Gasteiger partial charge on any atom is 0.191 e. The van der Waals surface area contributed by atoms with E-state index < -0.39 is 0 Å². The molecule has 0 radical (unpaired) electrons. The minimum Gasteiger partial charge on any atom is -0.354 e. The van der Waals surface area contributed by atoms with Gasteiger partial charge in [-0.05, 0) is 12.8 Å². The van der Waals surface area contributed by atoms with E-state index in [2.05, 4.69) is 25.7 Å². The third kappa shape index (κ3) is 4.11. The minimum absolute atomic E-state index is 0. The van der Waals surface area contributed by atoms with Gasteiger partial charge in [-0.3, -0.25) is 9.67 Å². The molecule has 2 N–H and O–H groups in total. The Hall–Kier alpha value is -0.860. The van der Waals surface area contributed by atoms with Crippen LogP contribution in [0.4, 0.5) is 0 Å². The lowest BCUT2D eigenvalue weighted by molar-refractivity contribution is 0.605. The van der Waals surface area contributed by atoms with Crippen molar-refractivity contribution < 1.29 is 0 Å². The highest BCUT2D eigenvalue weighted by Crippen LogP contribution is 2.17. The average Bonchev–Trinajstić information content (AvgIpc) is 2.96. The molecular formula is C11H21IN6. The third-order valence-corrected chi connectivity index (χ3v) is 3.14. The molecular weight excluding hydrogens is 343 g/mol. The molecule has 1 aliphatic carbocycles. The van der Waals surface area contributed by atoms with Gasteiger partial charge in [0.15, 0.2) is 5.96 Å². The van der Waals surface area contributed by atoms with Crippen molar-refractivity contribution in [3.05, 3.63) is 12.2 Å². The van der Waals surface area contributed by atoms with Crippen molar-refractivity contribution in [2.45, 2.75) is 38.3 Å². The number of nitrogens with one attached hydrogen (secondary N) is 2. The number of aromatic nitrogens is 3. The first-order chi connectivity index (χ1) is 8.29. The van der Waals surface area contributed by atoms with Crippen LogP contribution in [0.25, 0.3) is 0 Å². The van der Waals surface area contributed by atoms with Gasteiger partial charge < -0.3 is 10.6 Å². The molecule has 7 heteroatoms. The quantitative estimate of drug-likeness (QED) is 0.478. The molecule has 1 aliphatic rings. The highest BCUT2D eigenvalue weighted by molar-refractivity contribution is 14.0. The van der Waals surface area contributed by atoms with Gasteiger partial charge in [0.2, 0.25) is 0 Å². The van der Waals surface area contributed by atoms with Crippen LogP contribution < -0.4 is 10.6 Å². The molecule has 1 aromatic heterocycles. The SMILES string of the molecule is CN=C(NCc1ncnn1C)NC1CCCC1.I. The molecule has 0 bridgehead atoms. The summed E-state index contributed by atoms with van der Waals surface area (Å²) >= 11 is 0. The Morgan fingerprint density at radius 1 is 1.50 bits per heavy atom. The highest BCUT2D eigenvalue weighted by atomic mass is 127. The summed E-state index contributed by atoms with van der Waals surface area (Å²) in [6, 6.07) is 0.570. The average molecular weight is 364 g/mol. The van der Waals surface area contributed by atoms with Gasteiger partial charge in [0.25, 0.3) is 0 Å². The molecule has 102 valence electrons. The molecule has 6 nitrogen and oxygen atoms in total. The molecule has 1 heterocycles. The monoisotopic (exact) mass is 364 g/mol. The fraction of sp³-hybridized carbons (Fsp3) is 0.727. The second kappa shape index (κ2) is 7.55. The fourth-order valence-corrected chi connectivity index (χ4v) is 2.10. The van der Waals surface area contributed by atoms with Gasteiger partial charge in [0.1, 0.15) is 12.2 Å². The van der Waals surface area contributed by atoms with Crippen LogP contribution in [0.2, 0.25) is 0 Å². The lowest BCUT2D eigenvalue weighted by Gasteiger charge is -2.16. The van der Waals surface area contributed by atoms with E-state index in [1.54, 1.807) is 18.1 Å². The van der Waals surface area contributed by atoms with Crippen molar-refractivity contribution in [1.29, 1.82) is 0 Å². The van der Waals surface area contributed by atoms with Crippen LogP contribution in [0.3, 0.4) is 0 Å². The molecule has 1 fully saturated rings. The van der Waals surface area contributed by atoms with Gasteiger partial charge >= 0.3 is 0 Å². The van der Waals surface area contributed by atoms with E-state index in [-0.39, 0.29) is 24.0 Å². The first kappa shape index (κ1) is 15.2. The second-order valence-corrected chi connectivity index (χ2v) is 4.35. The molecule has 2 rings (SSSR count). The van der Waals surface area contributed by atoms with Gasteiger partial charge in [0, 0.05) is 20.1 Å². The van der Waals surface area contributed by atoms with E-state index in [9.17, 15) is 0 Å². The number of aryl methyl sites for hydroxylation is 1. The van der Waals surface area contributed by atoms with E-state index in [0.717, 1.165) is 11.8 Å². The Morgan fingerprint density at radius 2 is 2.22 bits per heavy atom. The molecule has 0 atom stereocenters. The summed E-state index contributed by atoms with van der Waals surface area (Å²) in [5.41, 5.74) is 0. The van der Waals surface area contributed by atoms with Crippen LogP contribution in [0, 0.1) is 0 Å². The molecule has 0 aromatic carbocycles. The van der Waals surface area contributed by atoms with Crippen LogP contribution in [0.5, 0.6) is 0 Å². The summed E-state index contributed by atoms with van der Waals surface area (Å²) in [4.78, 5) is 8.38. The van der Waals surface area contributed by atoms with Crippen LogP contribution in [-0.2, 0) is 13.6 Å². The fourth-order valence-electron chi connectivity index (χ4n) is 2.10. The Morgan fingerprint density at radius 3 is 2.78 bits per heavy atom. The standard InChI is InChI=1S/C11H20N6.HI/c1-12-11(16-9-5-3-4-6-9)13-7-10-14-8-15-17(10)2;/h8-9H,3-7H2,1-2H3,(H2,12,13,16);1H.